The maximum absolute atomic E-state index is 11.6. The van der Waals surface area contributed by atoms with Crippen LogP contribution >= 0.6 is 0 Å². The third-order valence-corrected chi connectivity index (χ3v) is 2.31. The van der Waals surface area contributed by atoms with Gasteiger partial charge in [0.2, 0.25) is 0 Å². The van der Waals surface area contributed by atoms with Gasteiger partial charge in [-0.15, -0.1) is 0 Å². The van der Waals surface area contributed by atoms with E-state index in [9.17, 15) is 4.79 Å². The van der Waals surface area contributed by atoms with Gasteiger partial charge >= 0.3 is 5.97 Å². The zero-order chi connectivity index (χ0) is 12.2. The molecule has 0 radical (unpaired) electrons. The molecule has 0 spiro atoms. The molecule has 0 aromatic rings. The van der Waals surface area contributed by atoms with Crippen molar-refractivity contribution in [3.8, 4) is 0 Å². The smallest absolute Gasteiger partial charge is 0.320 e. The third-order valence-electron chi connectivity index (χ3n) is 2.31. The number of carbonyl (C=O) groups is 1. The molecule has 5 nitrogen and oxygen atoms in total. The van der Waals surface area contributed by atoms with Crippen molar-refractivity contribution >= 4 is 5.97 Å². The van der Waals surface area contributed by atoms with E-state index in [4.69, 9.17) is 14.6 Å². The summed E-state index contributed by atoms with van der Waals surface area (Å²) >= 11 is 0. The number of morpholine rings is 1. The number of aliphatic hydroxyl groups is 1. The van der Waals surface area contributed by atoms with Gasteiger partial charge in [-0.25, -0.2) is 0 Å². The fourth-order valence-corrected chi connectivity index (χ4v) is 1.61. The number of esters is 1. The molecule has 0 aromatic heterocycles. The Hall–Kier alpha value is -0.650. The summed E-state index contributed by atoms with van der Waals surface area (Å²) in [6.45, 7) is 7.47. The van der Waals surface area contributed by atoms with Gasteiger partial charge in [0.25, 0.3) is 0 Å². The number of nitrogens with zero attached hydrogens (tertiary/aromatic N) is 1. The van der Waals surface area contributed by atoms with E-state index in [1.54, 1.807) is 0 Å². The summed E-state index contributed by atoms with van der Waals surface area (Å²) in [6, 6.07) is -0.0960. The first-order valence-corrected chi connectivity index (χ1v) is 5.57. The molecule has 0 aromatic carbocycles. The van der Waals surface area contributed by atoms with Crippen LogP contribution in [0.4, 0.5) is 0 Å². The highest BCUT2D eigenvalue weighted by Crippen LogP contribution is 2.10. The molecule has 1 saturated heterocycles. The Bertz CT molecular complexity index is 237. The van der Waals surface area contributed by atoms with Gasteiger partial charge in [0.1, 0.15) is 5.60 Å². The van der Waals surface area contributed by atoms with Gasteiger partial charge in [-0.05, 0) is 20.8 Å². The lowest BCUT2D eigenvalue weighted by Crippen LogP contribution is -2.50. The second-order valence-corrected chi connectivity index (χ2v) is 4.97. The number of ether oxygens (including phenoxy) is 2. The van der Waals surface area contributed by atoms with Gasteiger partial charge < -0.3 is 14.6 Å². The topological polar surface area (TPSA) is 59.0 Å². The Labute approximate surface area is 96.3 Å². The molecule has 5 heteroatoms. The summed E-state index contributed by atoms with van der Waals surface area (Å²) in [5, 5.41) is 9.13. The summed E-state index contributed by atoms with van der Waals surface area (Å²) in [5.74, 6) is -0.257. The predicted molar refractivity (Wildman–Crippen MR) is 59.1 cm³/mol. The second kappa shape index (κ2) is 5.61. The second-order valence-electron chi connectivity index (χ2n) is 4.97. The van der Waals surface area contributed by atoms with Gasteiger partial charge in [-0.2, -0.15) is 0 Å². The number of carbonyl (C=O) groups excluding carboxylic acids is 1. The third kappa shape index (κ3) is 4.47. The van der Waals surface area contributed by atoms with E-state index in [0.717, 1.165) is 0 Å². The predicted octanol–water partition coefficient (Wildman–Crippen LogP) is 0.0212. The average molecular weight is 231 g/mol. The van der Waals surface area contributed by atoms with E-state index in [2.05, 4.69) is 0 Å². The number of rotatable bonds is 3. The first-order chi connectivity index (χ1) is 7.42. The Kier molecular flexibility index (Phi) is 4.70. The van der Waals surface area contributed by atoms with Crippen LogP contribution in [0.5, 0.6) is 0 Å². The Balaban J connectivity index is 2.42. The van der Waals surface area contributed by atoms with Crippen LogP contribution in [-0.2, 0) is 14.3 Å². The first kappa shape index (κ1) is 13.4. The molecule has 1 atom stereocenters. The molecule has 1 heterocycles. The van der Waals surface area contributed by atoms with E-state index in [0.29, 0.717) is 19.8 Å². The van der Waals surface area contributed by atoms with Crippen molar-refractivity contribution in [1.82, 2.24) is 4.90 Å². The van der Waals surface area contributed by atoms with Crippen molar-refractivity contribution in [3.05, 3.63) is 0 Å². The molecule has 1 rings (SSSR count). The zero-order valence-corrected chi connectivity index (χ0v) is 10.2. The summed E-state index contributed by atoms with van der Waals surface area (Å²) in [6.07, 6.45) is 0. The van der Waals surface area contributed by atoms with Gasteiger partial charge in [0, 0.05) is 6.54 Å². The first-order valence-electron chi connectivity index (χ1n) is 5.57. The van der Waals surface area contributed by atoms with Crippen molar-refractivity contribution in [2.24, 2.45) is 0 Å². The molecule has 1 unspecified atom stereocenters. The maximum Gasteiger partial charge on any atom is 0.320 e. The Morgan fingerprint density at radius 3 is 2.81 bits per heavy atom. The fraction of sp³-hybridized carbons (Fsp3) is 0.909. The van der Waals surface area contributed by atoms with E-state index in [1.165, 1.54) is 0 Å². The molecule has 1 N–H and O–H groups in total. The van der Waals surface area contributed by atoms with Gasteiger partial charge in [0.05, 0.1) is 32.4 Å². The van der Waals surface area contributed by atoms with Crippen molar-refractivity contribution in [3.63, 3.8) is 0 Å². The minimum absolute atomic E-state index is 0.00278. The quantitative estimate of drug-likeness (QED) is 0.694. The van der Waals surface area contributed by atoms with Crippen LogP contribution in [0.1, 0.15) is 20.8 Å². The molecule has 16 heavy (non-hydrogen) atoms. The van der Waals surface area contributed by atoms with Crippen molar-refractivity contribution in [2.75, 3.05) is 32.9 Å². The fourth-order valence-electron chi connectivity index (χ4n) is 1.61. The normalized spacial score (nSPS) is 23.1. The number of hydrogen-bond donors (Lipinski definition) is 1. The molecule has 1 aliphatic rings. The molecule has 0 amide bonds. The molecule has 1 fully saturated rings. The minimum Gasteiger partial charge on any atom is -0.459 e. The van der Waals surface area contributed by atoms with Crippen LogP contribution in [0.2, 0.25) is 0 Å². The molecule has 0 saturated carbocycles. The number of hydrogen-bond acceptors (Lipinski definition) is 5. The highest BCUT2D eigenvalue weighted by Gasteiger charge is 2.26. The lowest BCUT2D eigenvalue weighted by molar-refractivity contribution is -0.158. The summed E-state index contributed by atoms with van der Waals surface area (Å²) < 4.78 is 10.5. The maximum atomic E-state index is 11.6. The van der Waals surface area contributed by atoms with Crippen LogP contribution in [-0.4, -0.2) is 60.5 Å². The zero-order valence-electron chi connectivity index (χ0n) is 10.2. The van der Waals surface area contributed by atoms with Crippen molar-refractivity contribution < 1.29 is 19.4 Å². The Morgan fingerprint density at radius 1 is 1.56 bits per heavy atom. The summed E-state index contributed by atoms with van der Waals surface area (Å²) in [7, 11) is 0. The highest BCUT2D eigenvalue weighted by molar-refractivity contribution is 5.72. The van der Waals surface area contributed by atoms with E-state index < -0.39 is 5.60 Å². The molecule has 1 aliphatic heterocycles. The average Bonchev–Trinajstić information content (AvgIpc) is 2.15. The van der Waals surface area contributed by atoms with Crippen LogP contribution in [0.25, 0.3) is 0 Å². The summed E-state index contributed by atoms with van der Waals surface area (Å²) in [5.41, 5.74) is -0.460. The molecule has 0 bridgehead atoms. The van der Waals surface area contributed by atoms with Crippen LogP contribution in [0.15, 0.2) is 0 Å². The lowest BCUT2D eigenvalue weighted by atomic mass is 10.2. The molecular weight excluding hydrogens is 210 g/mol. The monoisotopic (exact) mass is 231 g/mol. The largest absolute Gasteiger partial charge is 0.459 e. The van der Waals surface area contributed by atoms with Crippen LogP contribution in [0, 0.1) is 0 Å². The van der Waals surface area contributed by atoms with Crippen LogP contribution < -0.4 is 0 Å². The van der Waals surface area contributed by atoms with Gasteiger partial charge in [0.15, 0.2) is 0 Å². The van der Waals surface area contributed by atoms with Crippen molar-refractivity contribution in [1.29, 1.82) is 0 Å². The van der Waals surface area contributed by atoms with Crippen LogP contribution in [0.3, 0.4) is 0 Å². The Morgan fingerprint density at radius 2 is 2.25 bits per heavy atom. The van der Waals surface area contributed by atoms with E-state index in [-0.39, 0.29) is 25.2 Å². The van der Waals surface area contributed by atoms with Gasteiger partial charge in [-0.1, -0.05) is 0 Å². The molecule has 0 aliphatic carbocycles. The molecule has 94 valence electrons. The van der Waals surface area contributed by atoms with E-state index >= 15 is 0 Å². The van der Waals surface area contributed by atoms with E-state index in [1.807, 2.05) is 25.7 Å². The highest BCUT2D eigenvalue weighted by atomic mass is 16.6. The van der Waals surface area contributed by atoms with Crippen molar-refractivity contribution in [2.45, 2.75) is 32.4 Å². The SMILES string of the molecule is CC(C)(C)OC(=O)CN1CCOCC1CO. The number of aliphatic hydroxyl groups excluding tert-OH is 1. The lowest BCUT2D eigenvalue weighted by Gasteiger charge is -2.34. The minimum atomic E-state index is -0.460. The standard InChI is InChI=1S/C11H21NO4/c1-11(2,3)16-10(14)6-12-4-5-15-8-9(12)7-13/h9,13H,4-8H2,1-3H3. The van der Waals surface area contributed by atoms with Gasteiger partial charge in [-0.3, -0.25) is 9.69 Å². The summed E-state index contributed by atoms with van der Waals surface area (Å²) in [4.78, 5) is 13.5. The molecular formula is C11H21NO4.